The molecule has 0 heterocycles. The van der Waals surface area contributed by atoms with E-state index in [1.807, 2.05) is 49.5 Å². The first-order valence-corrected chi connectivity index (χ1v) is 11.4. The highest BCUT2D eigenvalue weighted by molar-refractivity contribution is 6.04. The average Bonchev–Trinajstić information content (AvgIpc) is 2.81. The summed E-state index contributed by atoms with van der Waals surface area (Å²) in [5.74, 6) is 0.768. The number of nitrogens with one attached hydrogen (secondary N) is 3. The van der Waals surface area contributed by atoms with E-state index in [0.29, 0.717) is 17.5 Å². The fourth-order valence-corrected chi connectivity index (χ4v) is 4.00. The highest BCUT2D eigenvalue weighted by Crippen LogP contribution is 2.35. The largest absolute Gasteiger partial charge is 0.388 e. The third-order valence-corrected chi connectivity index (χ3v) is 5.76. The summed E-state index contributed by atoms with van der Waals surface area (Å²) >= 11 is 0. The van der Waals surface area contributed by atoms with Crippen molar-refractivity contribution < 1.29 is 0 Å². The van der Waals surface area contributed by atoms with Gasteiger partial charge in [-0.05, 0) is 40.2 Å². The molecule has 0 saturated heterocycles. The van der Waals surface area contributed by atoms with Crippen LogP contribution in [0.25, 0.3) is 5.70 Å². The molecule has 0 spiro atoms. The van der Waals surface area contributed by atoms with Crippen molar-refractivity contribution in [3.63, 3.8) is 0 Å². The first-order valence-electron chi connectivity index (χ1n) is 11.4. The molecule has 3 N–H and O–H groups in total. The summed E-state index contributed by atoms with van der Waals surface area (Å²) in [6.45, 7) is 8.90. The molecule has 3 rings (SSSR count). The van der Waals surface area contributed by atoms with E-state index in [0.717, 1.165) is 22.5 Å². The maximum absolute atomic E-state index is 9.09. The van der Waals surface area contributed by atoms with Gasteiger partial charge in [0, 0.05) is 18.4 Å². The highest BCUT2D eigenvalue weighted by Gasteiger charge is 2.21. The number of benzene rings is 3. The Morgan fingerprint density at radius 2 is 1.28 bits per heavy atom. The summed E-state index contributed by atoms with van der Waals surface area (Å²) in [7, 11) is 1.90. The van der Waals surface area contributed by atoms with Crippen molar-refractivity contribution in [1.82, 2.24) is 5.32 Å². The molecule has 0 bridgehead atoms. The van der Waals surface area contributed by atoms with Gasteiger partial charge in [0.05, 0.1) is 11.8 Å². The van der Waals surface area contributed by atoms with E-state index in [9.17, 15) is 0 Å². The number of para-hydroxylation sites is 1. The van der Waals surface area contributed by atoms with E-state index in [-0.39, 0.29) is 6.04 Å². The Balaban J connectivity index is 2.08. The summed E-state index contributed by atoms with van der Waals surface area (Å²) in [5.41, 5.74) is 7.30. The van der Waals surface area contributed by atoms with Crippen LogP contribution in [0.15, 0.2) is 84.9 Å². The summed E-state index contributed by atoms with van der Waals surface area (Å²) in [4.78, 5) is 0. The van der Waals surface area contributed by atoms with Crippen LogP contribution in [-0.2, 0) is 0 Å². The zero-order valence-corrected chi connectivity index (χ0v) is 19.8. The van der Waals surface area contributed by atoms with E-state index in [2.05, 4.69) is 80.8 Å². The fraction of sp³-hybridized carbons (Fsp3) is 0.276. The fourth-order valence-electron chi connectivity index (χ4n) is 4.00. The number of hydrogen-bond donors (Lipinski definition) is 3. The van der Waals surface area contributed by atoms with E-state index in [4.69, 9.17) is 5.41 Å². The van der Waals surface area contributed by atoms with Crippen LogP contribution in [0.3, 0.4) is 0 Å². The predicted octanol–water partition coefficient (Wildman–Crippen LogP) is 7.37. The van der Waals surface area contributed by atoms with Crippen molar-refractivity contribution in [2.45, 2.75) is 45.6 Å². The van der Waals surface area contributed by atoms with Crippen molar-refractivity contribution >= 4 is 17.1 Å². The van der Waals surface area contributed by atoms with Gasteiger partial charge in [-0.25, -0.2) is 0 Å². The lowest BCUT2D eigenvalue weighted by Gasteiger charge is -2.27. The van der Waals surface area contributed by atoms with Gasteiger partial charge in [-0.1, -0.05) is 107 Å². The molecule has 3 aromatic carbocycles. The summed E-state index contributed by atoms with van der Waals surface area (Å²) in [5, 5.41) is 16.1. The van der Waals surface area contributed by atoms with Crippen LogP contribution in [0.2, 0.25) is 0 Å². The topological polar surface area (TPSA) is 47.9 Å². The monoisotopic (exact) mass is 425 g/mol. The second kappa shape index (κ2) is 10.8. The third kappa shape index (κ3) is 5.47. The zero-order valence-electron chi connectivity index (χ0n) is 19.8. The molecule has 0 fully saturated rings. The lowest BCUT2D eigenvalue weighted by molar-refractivity contribution is 0.828. The van der Waals surface area contributed by atoms with Crippen LogP contribution in [0, 0.1) is 5.41 Å². The number of rotatable bonds is 9. The molecular formula is C29H35N3. The number of anilines is 1. The summed E-state index contributed by atoms with van der Waals surface area (Å²) in [6, 6.07) is 26.7. The van der Waals surface area contributed by atoms with Crippen molar-refractivity contribution in [3.05, 3.63) is 107 Å². The van der Waals surface area contributed by atoms with Gasteiger partial charge in [0.15, 0.2) is 0 Å². The third-order valence-electron chi connectivity index (χ3n) is 5.76. The molecule has 3 heteroatoms. The van der Waals surface area contributed by atoms with Crippen LogP contribution >= 0.6 is 0 Å². The second-order valence-electron chi connectivity index (χ2n) is 8.74. The van der Waals surface area contributed by atoms with Gasteiger partial charge >= 0.3 is 0 Å². The van der Waals surface area contributed by atoms with Gasteiger partial charge < -0.3 is 16.0 Å². The molecule has 0 aliphatic carbocycles. The molecule has 3 nitrogen and oxygen atoms in total. The Kier molecular flexibility index (Phi) is 7.88. The van der Waals surface area contributed by atoms with Gasteiger partial charge in [-0.2, -0.15) is 0 Å². The van der Waals surface area contributed by atoms with Crippen LogP contribution in [0.1, 0.15) is 67.8 Å². The minimum Gasteiger partial charge on any atom is -0.388 e. The second-order valence-corrected chi connectivity index (χ2v) is 8.74. The quantitative estimate of drug-likeness (QED) is 0.313. The Bertz CT molecular complexity index is 1020. The number of hydrogen-bond acceptors (Lipinski definition) is 3. The summed E-state index contributed by atoms with van der Waals surface area (Å²) in [6.07, 6.45) is 1.94. The standard InChI is InChI=1S/C29H35N3/c1-20(2)24-17-12-18-25(21(3)4)29(24)32-28(23-15-10-7-11-16-23)26(30)19-27(31-5)22-13-8-6-9-14-22/h6-21,28,30-32H,1-5H3/b27-19-,30-26?. The van der Waals surface area contributed by atoms with Gasteiger partial charge in [-0.3, -0.25) is 0 Å². The smallest absolute Gasteiger partial charge is 0.0933 e. The molecule has 0 amide bonds. The van der Waals surface area contributed by atoms with E-state index in [1.54, 1.807) is 0 Å². The molecule has 1 unspecified atom stereocenters. The minimum atomic E-state index is -0.263. The van der Waals surface area contributed by atoms with Crippen LogP contribution in [0.5, 0.6) is 0 Å². The van der Waals surface area contributed by atoms with Gasteiger partial charge in [0.25, 0.3) is 0 Å². The van der Waals surface area contributed by atoms with Crippen molar-refractivity contribution in [1.29, 1.82) is 5.41 Å². The Labute approximate surface area is 193 Å². The lowest BCUT2D eigenvalue weighted by atomic mass is 9.91. The lowest BCUT2D eigenvalue weighted by Crippen LogP contribution is -2.22. The molecule has 3 aromatic rings. The normalized spacial score (nSPS) is 12.7. The zero-order chi connectivity index (χ0) is 23.1. The van der Waals surface area contributed by atoms with Crippen LogP contribution < -0.4 is 10.6 Å². The minimum absolute atomic E-state index is 0.263. The van der Waals surface area contributed by atoms with Gasteiger partial charge in [0.1, 0.15) is 0 Å². The average molecular weight is 426 g/mol. The van der Waals surface area contributed by atoms with Crippen molar-refractivity contribution in [2.24, 2.45) is 0 Å². The van der Waals surface area contributed by atoms with Crippen LogP contribution in [0.4, 0.5) is 5.69 Å². The molecule has 1 atom stereocenters. The van der Waals surface area contributed by atoms with Gasteiger partial charge in [0.2, 0.25) is 0 Å². The Hall–Kier alpha value is -3.33. The van der Waals surface area contributed by atoms with Crippen molar-refractivity contribution in [2.75, 3.05) is 12.4 Å². The van der Waals surface area contributed by atoms with E-state index in [1.165, 1.54) is 11.1 Å². The van der Waals surface area contributed by atoms with E-state index >= 15 is 0 Å². The highest BCUT2D eigenvalue weighted by atomic mass is 14.9. The van der Waals surface area contributed by atoms with Crippen molar-refractivity contribution in [3.8, 4) is 0 Å². The molecule has 0 aliphatic heterocycles. The summed E-state index contributed by atoms with van der Waals surface area (Å²) < 4.78 is 0. The maximum Gasteiger partial charge on any atom is 0.0933 e. The van der Waals surface area contributed by atoms with Crippen LogP contribution in [-0.4, -0.2) is 12.8 Å². The van der Waals surface area contributed by atoms with Gasteiger partial charge in [-0.15, -0.1) is 0 Å². The molecule has 0 aliphatic rings. The molecule has 0 saturated carbocycles. The Morgan fingerprint density at radius 3 is 1.78 bits per heavy atom. The maximum atomic E-state index is 9.09. The SMILES string of the molecule is CN/C(=C\C(=N)C(Nc1c(C(C)C)cccc1C(C)C)c1ccccc1)c1ccccc1. The Morgan fingerprint density at radius 1 is 0.750 bits per heavy atom. The molecule has 166 valence electrons. The molecule has 32 heavy (non-hydrogen) atoms. The van der Waals surface area contributed by atoms with E-state index < -0.39 is 0 Å². The first-order chi connectivity index (χ1) is 15.4. The molecule has 0 aromatic heterocycles. The first kappa shape index (κ1) is 23.3. The molecule has 0 radical (unpaired) electrons. The predicted molar refractivity (Wildman–Crippen MR) is 139 cm³/mol. The molecular weight excluding hydrogens is 390 g/mol.